The Balaban J connectivity index is 1.73. The fourth-order valence-electron chi connectivity index (χ4n) is 4.02. The van der Waals surface area contributed by atoms with Crippen molar-refractivity contribution < 1.29 is 9.90 Å². The van der Waals surface area contributed by atoms with Crippen LogP contribution in [0.1, 0.15) is 54.6 Å². The molecule has 7 nitrogen and oxygen atoms in total. The average Bonchev–Trinajstić information content (AvgIpc) is 3.28. The van der Waals surface area contributed by atoms with E-state index in [0.29, 0.717) is 4.96 Å². The van der Waals surface area contributed by atoms with Gasteiger partial charge in [-0.2, -0.15) is 4.52 Å². The zero-order valence-electron chi connectivity index (χ0n) is 16.8. The van der Waals surface area contributed by atoms with Crippen LogP contribution in [0, 0.1) is 5.92 Å². The molecule has 3 aromatic rings. The maximum Gasteiger partial charge on any atom is 0.230 e. The van der Waals surface area contributed by atoms with Gasteiger partial charge in [0, 0.05) is 12.3 Å². The number of nitrogens with zero attached hydrogens (tertiary/aromatic N) is 4. The quantitative estimate of drug-likeness (QED) is 0.648. The Morgan fingerprint density at radius 1 is 1.24 bits per heavy atom. The van der Waals surface area contributed by atoms with E-state index in [2.05, 4.69) is 46.2 Å². The van der Waals surface area contributed by atoms with Crippen LogP contribution in [0.4, 0.5) is 0 Å². The minimum Gasteiger partial charge on any atom is -0.492 e. The molecule has 4 rings (SSSR count). The molecule has 1 amide bonds. The van der Waals surface area contributed by atoms with Crippen molar-refractivity contribution in [3.63, 3.8) is 0 Å². The number of aryl methyl sites for hydroxylation is 2. The van der Waals surface area contributed by atoms with Crippen molar-refractivity contribution in [2.24, 2.45) is 11.7 Å². The van der Waals surface area contributed by atoms with E-state index in [-0.39, 0.29) is 23.7 Å². The first-order valence-corrected chi connectivity index (χ1v) is 11.0. The third-order valence-electron chi connectivity index (χ3n) is 5.81. The minimum atomic E-state index is -0.220. The molecule has 0 bridgehead atoms. The molecule has 0 saturated carbocycles. The molecule has 1 fully saturated rings. The van der Waals surface area contributed by atoms with Crippen LogP contribution in [0.5, 0.6) is 5.88 Å². The number of carbonyl (C=O) groups excluding carboxylic acids is 1. The predicted molar refractivity (Wildman–Crippen MR) is 113 cm³/mol. The summed E-state index contributed by atoms with van der Waals surface area (Å²) < 4.78 is 1.54. The van der Waals surface area contributed by atoms with Gasteiger partial charge in [0.15, 0.2) is 5.82 Å². The molecule has 154 valence electrons. The molecular weight excluding hydrogens is 386 g/mol. The summed E-state index contributed by atoms with van der Waals surface area (Å²) in [7, 11) is 0. The van der Waals surface area contributed by atoms with Gasteiger partial charge in [0.2, 0.25) is 16.7 Å². The van der Waals surface area contributed by atoms with Crippen molar-refractivity contribution in [1.82, 2.24) is 19.5 Å². The summed E-state index contributed by atoms with van der Waals surface area (Å²) in [4.78, 5) is 20.0. The SMILES string of the molecule is CCc1ccc(C(c2sc3nc(CC)nn3c2O)N2CCC(C(N)=O)CC2)cc1. The van der Waals surface area contributed by atoms with E-state index >= 15 is 0 Å². The molecule has 1 aliphatic heterocycles. The lowest BCUT2D eigenvalue weighted by Gasteiger charge is -2.36. The molecule has 3 N–H and O–H groups in total. The summed E-state index contributed by atoms with van der Waals surface area (Å²) >= 11 is 1.48. The molecule has 0 radical (unpaired) electrons. The number of benzene rings is 1. The molecule has 1 atom stereocenters. The molecule has 3 heterocycles. The first-order valence-electron chi connectivity index (χ1n) is 10.2. The second kappa shape index (κ2) is 8.12. The number of thiazole rings is 1. The van der Waals surface area contributed by atoms with Gasteiger partial charge in [-0.1, -0.05) is 49.4 Å². The fraction of sp³-hybridized carbons (Fsp3) is 0.476. The van der Waals surface area contributed by atoms with Gasteiger partial charge in [0.25, 0.3) is 0 Å². The van der Waals surface area contributed by atoms with E-state index in [1.807, 2.05) is 6.92 Å². The smallest absolute Gasteiger partial charge is 0.230 e. The third-order valence-corrected chi connectivity index (χ3v) is 6.88. The number of hydrogen-bond donors (Lipinski definition) is 2. The van der Waals surface area contributed by atoms with Crippen molar-refractivity contribution >= 4 is 22.2 Å². The second-order valence-corrected chi connectivity index (χ2v) is 8.59. The van der Waals surface area contributed by atoms with Gasteiger partial charge in [0.05, 0.1) is 10.9 Å². The van der Waals surface area contributed by atoms with Crippen molar-refractivity contribution in [3.8, 4) is 5.88 Å². The number of hydrogen-bond acceptors (Lipinski definition) is 6. The molecule has 0 spiro atoms. The highest BCUT2D eigenvalue weighted by atomic mass is 32.1. The average molecular weight is 414 g/mol. The molecule has 8 heteroatoms. The topological polar surface area (TPSA) is 96.8 Å². The molecule has 1 saturated heterocycles. The first-order chi connectivity index (χ1) is 14.0. The maximum absolute atomic E-state index is 11.6. The summed E-state index contributed by atoms with van der Waals surface area (Å²) in [5.41, 5.74) is 7.91. The number of nitrogens with two attached hydrogens (primary N) is 1. The number of carbonyl (C=O) groups is 1. The van der Waals surface area contributed by atoms with Crippen molar-refractivity contribution in [3.05, 3.63) is 46.1 Å². The number of primary amides is 1. The van der Waals surface area contributed by atoms with Crippen LogP contribution < -0.4 is 5.73 Å². The van der Waals surface area contributed by atoms with E-state index < -0.39 is 0 Å². The number of aromatic hydroxyl groups is 1. The summed E-state index contributed by atoms with van der Waals surface area (Å²) in [6, 6.07) is 8.45. The molecule has 1 aromatic carbocycles. The number of amides is 1. The molecule has 29 heavy (non-hydrogen) atoms. The molecule has 0 aliphatic carbocycles. The first kappa shape index (κ1) is 19.8. The monoisotopic (exact) mass is 413 g/mol. The maximum atomic E-state index is 11.6. The molecule has 1 aliphatic rings. The lowest BCUT2D eigenvalue weighted by molar-refractivity contribution is -0.123. The second-order valence-electron chi connectivity index (χ2n) is 7.58. The van der Waals surface area contributed by atoms with Crippen LogP contribution in [-0.4, -0.2) is 43.6 Å². The largest absolute Gasteiger partial charge is 0.492 e. The van der Waals surface area contributed by atoms with E-state index in [9.17, 15) is 9.90 Å². The number of rotatable bonds is 6. The normalized spacial score (nSPS) is 17.0. The van der Waals surface area contributed by atoms with Crippen LogP contribution in [0.2, 0.25) is 0 Å². The van der Waals surface area contributed by atoms with Crippen molar-refractivity contribution in [2.45, 2.75) is 45.6 Å². The van der Waals surface area contributed by atoms with Gasteiger partial charge in [-0.3, -0.25) is 9.69 Å². The Bertz CT molecular complexity index is 1000. The number of fused-ring (bicyclic) bond motifs is 1. The summed E-state index contributed by atoms with van der Waals surface area (Å²) in [6.45, 7) is 5.64. The van der Waals surface area contributed by atoms with E-state index in [1.54, 1.807) is 4.52 Å². The Labute approximate surface area is 174 Å². The van der Waals surface area contributed by atoms with Gasteiger partial charge in [-0.15, -0.1) is 5.10 Å². The van der Waals surface area contributed by atoms with Crippen molar-refractivity contribution in [2.75, 3.05) is 13.1 Å². The Kier molecular flexibility index (Phi) is 5.56. The fourth-order valence-corrected chi connectivity index (χ4v) is 5.16. The Morgan fingerprint density at radius 2 is 1.93 bits per heavy atom. The minimum absolute atomic E-state index is 0.0719. The Hall–Kier alpha value is -2.45. The summed E-state index contributed by atoms with van der Waals surface area (Å²) in [6.07, 6.45) is 3.18. The zero-order valence-corrected chi connectivity index (χ0v) is 17.7. The number of piperidine rings is 1. The van der Waals surface area contributed by atoms with Crippen LogP contribution in [0.15, 0.2) is 24.3 Å². The number of aromatic nitrogens is 3. The number of likely N-dealkylation sites (tertiary alicyclic amines) is 1. The standard InChI is InChI=1S/C21H27N5O2S/c1-3-13-5-7-14(8-6-13)17(25-11-9-15(10-12-25)19(22)27)18-20(28)26-21(29-18)23-16(4-2)24-26/h5-8,15,17,28H,3-4,9-12H2,1-2H3,(H2,22,27). The molecule has 2 aromatic heterocycles. The highest BCUT2D eigenvalue weighted by Crippen LogP contribution is 2.41. The van der Waals surface area contributed by atoms with Crippen LogP contribution >= 0.6 is 11.3 Å². The summed E-state index contributed by atoms with van der Waals surface area (Å²) in [5, 5.41) is 15.4. The van der Waals surface area contributed by atoms with E-state index in [0.717, 1.165) is 55.0 Å². The summed E-state index contributed by atoms with van der Waals surface area (Å²) in [5.74, 6) is 0.586. The van der Waals surface area contributed by atoms with Gasteiger partial charge < -0.3 is 10.8 Å². The molecule has 1 unspecified atom stereocenters. The predicted octanol–water partition coefficient (Wildman–Crippen LogP) is 2.91. The molecular formula is C21H27N5O2S. The van der Waals surface area contributed by atoms with E-state index in [4.69, 9.17) is 5.73 Å². The zero-order chi connectivity index (χ0) is 20.5. The van der Waals surface area contributed by atoms with Crippen LogP contribution in [0.25, 0.3) is 4.96 Å². The van der Waals surface area contributed by atoms with Crippen LogP contribution in [-0.2, 0) is 17.6 Å². The highest BCUT2D eigenvalue weighted by Gasteiger charge is 2.33. The van der Waals surface area contributed by atoms with E-state index in [1.165, 1.54) is 16.9 Å². The Morgan fingerprint density at radius 3 is 2.48 bits per heavy atom. The lowest BCUT2D eigenvalue weighted by atomic mass is 9.93. The lowest BCUT2D eigenvalue weighted by Crippen LogP contribution is -2.40. The van der Waals surface area contributed by atoms with Gasteiger partial charge >= 0.3 is 0 Å². The van der Waals surface area contributed by atoms with Gasteiger partial charge in [-0.05, 0) is 43.5 Å². The van der Waals surface area contributed by atoms with Crippen molar-refractivity contribution in [1.29, 1.82) is 0 Å². The highest BCUT2D eigenvalue weighted by molar-refractivity contribution is 7.17. The van der Waals surface area contributed by atoms with Crippen LogP contribution in [0.3, 0.4) is 0 Å². The third kappa shape index (κ3) is 3.74. The van der Waals surface area contributed by atoms with Gasteiger partial charge in [-0.25, -0.2) is 4.98 Å². The van der Waals surface area contributed by atoms with Gasteiger partial charge in [0.1, 0.15) is 0 Å².